The zero-order chi connectivity index (χ0) is 12.3. The van der Waals surface area contributed by atoms with Crippen LogP contribution in [0.4, 0.5) is 4.39 Å². The maximum absolute atomic E-state index is 13.4. The summed E-state index contributed by atoms with van der Waals surface area (Å²) < 4.78 is 18.4. The number of hydrogen-bond donors (Lipinski definition) is 1. The average molecular weight is 237 g/mol. The standard InChI is InChI=1S/C14H20FNO/c1-10-3-4-11(8-14(10)15)13-7-12(13)9-16-5-6-17-2/h3-4,8,12-13,16H,5-7,9H2,1-2H3. The lowest BCUT2D eigenvalue weighted by Gasteiger charge is -2.04. The van der Waals surface area contributed by atoms with Crippen molar-refractivity contribution in [3.05, 3.63) is 35.1 Å². The van der Waals surface area contributed by atoms with Crippen LogP contribution >= 0.6 is 0 Å². The molecule has 94 valence electrons. The van der Waals surface area contributed by atoms with Gasteiger partial charge in [0.15, 0.2) is 0 Å². The third-order valence-electron chi connectivity index (χ3n) is 3.44. The highest BCUT2D eigenvalue weighted by Gasteiger charge is 2.37. The minimum Gasteiger partial charge on any atom is -0.383 e. The molecule has 0 saturated heterocycles. The zero-order valence-corrected chi connectivity index (χ0v) is 10.5. The van der Waals surface area contributed by atoms with E-state index in [1.54, 1.807) is 20.1 Å². The van der Waals surface area contributed by atoms with Gasteiger partial charge in [0.25, 0.3) is 0 Å². The maximum atomic E-state index is 13.4. The van der Waals surface area contributed by atoms with Gasteiger partial charge in [0, 0.05) is 13.7 Å². The topological polar surface area (TPSA) is 21.3 Å². The van der Waals surface area contributed by atoms with Crippen LogP contribution in [0.25, 0.3) is 0 Å². The molecule has 0 aromatic heterocycles. The van der Waals surface area contributed by atoms with Gasteiger partial charge in [0.2, 0.25) is 0 Å². The molecule has 0 heterocycles. The first-order valence-electron chi connectivity index (χ1n) is 6.18. The molecule has 1 fully saturated rings. The monoisotopic (exact) mass is 237 g/mol. The van der Waals surface area contributed by atoms with E-state index in [1.807, 2.05) is 6.07 Å². The predicted molar refractivity (Wildman–Crippen MR) is 66.7 cm³/mol. The minimum atomic E-state index is -0.0829. The Kier molecular flexibility index (Phi) is 4.13. The molecule has 2 unspecified atom stereocenters. The van der Waals surface area contributed by atoms with Crippen molar-refractivity contribution >= 4 is 0 Å². The SMILES string of the molecule is COCCNCC1CC1c1ccc(C)c(F)c1. The van der Waals surface area contributed by atoms with Crippen LogP contribution in [0.15, 0.2) is 18.2 Å². The average Bonchev–Trinajstić information content (AvgIpc) is 3.08. The van der Waals surface area contributed by atoms with Gasteiger partial charge in [0.1, 0.15) is 5.82 Å². The first kappa shape index (κ1) is 12.5. The van der Waals surface area contributed by atoms with E-state index in [2.05, 4.69) is 11.4 Å². The van der Waals surface area contributed by atoms with Gasteiger partial charge in [-0.15, -0.1) is 0 Å². The molecular formula is C14H20FNO. The first-order valence-corrected chi connectivity index (χ1v) is 6.18. The van der Waals surface area contributed by atoms with Crippen molar-refractivity contribution in [3.8, 4) is 0 Å². The Morgan fingerprint density at radius 3 is 3.00 bits per heavy atom. The van der Waals surface area contributed by atoms with Gasteiger partial charge in [-0.3, -0.25) is 0 Å². The van der Waals surface area contributed by atoms with Crippen LogP contribution in [0.1, 0.15) is 23.5 Å². The number of ether oxygens (including phenoxy) is 1. The number of methoxy groups -OCH3 is 1. The number of aryl methyl sites for hydroxylation is 1. The van der Waals surface area contributed by atoms with Crippen LogP contribution in [0.5, 0.6) is 0 Å². The summed E-state index contributed by atoms with van der Waals surface area (Å²) in [6.07, 6.45) is 1.17. The fraction of sp³-hybridized carbons (Fsp3) is 0.571. The molecule has 2 rings (SSSR count). The predicted octanol–water partition coefficient (Wildman–Crippen LogP) is 2.47. The second-order valence-electron chi connectivity index (χ2n) is 4.81. The van der Waals surface area contributed by atoms with Crippen LogP contribution in [0, 0.1) is 18.7 Å². The van der Waals surface area contributed by atoms with Crippen LogP contribution in [0.2, 0.25) is 0 Å². The number of benzene rings is 1. The van der Waals surface area contributed by atoms with Gasteiger partial charge < -0.3 is 10.1 Å². The molecule has 0 aliphatic heterocycles. The van der Waals surface area contributed by atoms with Gasteiger partial charge in [-0.2, -0.15) is 0 Å². The summed E-state index contributed by atoms with van der Waals surface area (Å²) in [7, 11) is 1.71. The third-order valence-corrected chi connectivity index (χ3v) is 3.44. The van der Waals surface area contributed by atoms with E-state index in [9.17, 15) is 4.39 Å². The zero-order valence-electron chi connectivity index (χ0n) is 10.5. The molecule has 0 spiro atoms. The second kappa shape index (κ2) is 5.61. The lowest BCUT2D eigenvalue weighted by Crippen LogP contribution is -2.21. The van der Waals surface area contributed by atoms with E-state index < -0.39 is 0 Å². The van der Waals surface area contributed by atoms with E-state index >= 15 is 0 Å². The van der Waals surface area contributed by atoms with Crippen molar-refractivity contribution < 1.29 is 9.13 Å². The van der Waals surface area contributed by atoms with Crippen LogP contribution in [-0.2, 0) is 4.74 Å². The molecule has 2 atom stereocenters. The Labute approximate surface area is 102 Å². The third kappa shape index (κ3) is 3.27. The molecule has 0 radical (unpaired) electrons. The number of rotatable bonds is 6. The first-order chi connectivity index (χ1) is 8.22. The van der Waals surface area contributed by atoms with Crippen molar-refractivity contribution in [3.63, 3.8) is 0 Å². The molecule has 1 aliphatic carbocycles. The number of nitrogens with one attached hydrogen (secondary N) is 1. The van der Waals surface area contributed by atoms with Gasteiger partial charge in [-0.05, 0) is 48.9 Å². The van der Waals surface area contributed by atoms with Crippen molar-refractivity contribution in [2.24, 2.45) is 5.92 Å². The van der Waals surface area contributed by atoms with Crippen molar-refractivity contribution in [2.75, 3.05) is 26.8 Å². The smallest absolute Gasteiger partial charge is 0.126 e. The second-order valence-corrected chi connectivity index (χ2v) is 4.81. The fourth-order valence-corrected chi connectivity index (χ4v) is 2.18. The van der Waals surface area contributed by atoms with E-state index in [-0.39, 0.29) is 5.82 Å². The van der Waals surface area contributed by atoms with E-state index in [0.29, 0.717) is 11.8 Å². The van der Waals surface area contributed by atoms with Crippen LogP contribution in [-0.4, -0.2) is 26.8 Å². The highest BCUT2D eigenvalue weighted by atomic mass is 19.1. The molecule has 1 aliphatic rings. The Morgan fingerprint density at radius 1 is 1.47 bits per heavy atom. The Balaban J connectivity index is 1.79. The van der Waals surface area contributed by atoms with E-state index in [1.165, 1.54) is 6.42 Å². The summed E-state index contributed by atoms with van der Waals surface area (Å²) in [5.41, 5.74) is 1.87. The Bertz CT molecular complexity index is 380. The molecule has 2 nitrogen and oxygen atoms in total. The summed E-state index contributed by atoms with van der Waals surface area (Å²) in [6.45, 7) is 4.44. The molecule has 1 N–H and O–H groups in total. The molecule has 0 amide bonds. The normalized spacial score (nSPS) is 22.8. The molecule has 3 heteroatoms. The van der Waals surface area contributed by atoms with Crippen molar-refractivity contribution in [1.29, 1.82) is 0 Å². The quantitative estimate of drug-likeness (QED) is 0.767. The Hall–Kier alpha value is -0.930. The number of hydrogen-bond acceptors (Lipinski definition) is 2. The van der Waals surface area contributed by atoms with Gasteiger partial charge in [0.05, 0.1) is 6.61 Å². The largest absolute Gasteiger partial charge is 0.383 e. The van der Waals surface area contributed by atoms with Crippen molar-refractivity contribution in [2.45, 2.75) is 19.3 Å². The summed E-state index contributed by atoms with van der Waals surface area (Å²) in [6, 6.07) is 5.62. The minimum absolute atomic E-state index is 0.0829. The van der Waals surface area contributed by atoms with Gasteiger partial charge in [-0.1, -0.05) is 12.1 Å². The van der Waals surface area contributed by atoms with Gasteiger partial charge in [-0.25, -0.2) is 4.39 Å². The number of halogens is 1. The molecule has 1 aromatic carbocycles. The van der Waals surface area contributed by atoms with E-state index in [0.717, 1.165) is 30.8 Å². The summed E-state index contributed by atoms with van der Waals surface area (Å²) in [5.74, 6) is 1.12. The van der Waals surface area contributed by atoms with Crippen LogP contribution < -0.4 is 5.32 Å². The molecule has 17 heavy (non-hydrogen) atoms. The summed E-state index contributed by atoms with van der Waals surface area (Å²) in [5, 5.41) is 3.36. The highest BCUT2D eigenvalue weighted by Crippen LogP contribution is 2.47. The maximum Gasteiger partial charge on any atom is 0.126 e. The lowest BCUT2D eigenvalue weighted by molar-refractivity contribution is 0.199. The van der Waals surface area contributed by atoms with Crippen molar-refractivity contribution in [1.82, 2.24) is 5.32 Å². The fourth-order valence-electron chi connectivity index (χ4n) is 2.18. The highest BCUT2D eigenvalue weighted by molar-refractivity contribution is 5.30. The Morgan fingerprint density at radius 2 is 2.29 bits per heavy atom. The summed E-state index contributed by atoms with van der Waals surface area (Å²) >= 11 is 0. The van der Waals surface area contributed by atoms with Gasteiger partial charge >= 0.3 is 0 Å². The molecule has 0 bridgehead atoms. The summed E-state index contributed by atoms with van der Waals surface area (Å²) in [4.78, 5) is 0. The van der Waals surface area contributed by atoms with E-state index in [4.69, 9.17) is 4.74 Å². The van der Waals surface area contributed by atoms with Crippen LogP contribution in [0.3, 0.4) is 0 Å². The molecule has 1 saturated carbocycles. The lowest BCUT2D eigenvalue weighted by atomic mass is 10.1. The molecular weight excluding hydrogens is 217 g/mol. The molecule has 1 aromatic rings.